The minimum Gasteiger partial charge on any atom is -0.329 e. The van der Waals surface area contributed by atoms with Crippen LogP contribution in [0.3, 0.4) is 0 Å². The summed E-state index contributed by atoms with van der Waals surface area (Å²) in [7, 11) is 0. The van der Waals surface area contributed by atoms with Crippen molar-refractivity contribution in [3.63, 3.8) is 0 Å². The first-order valence-electron chi connectivity index (χ1n) is 5.02. The van der Waals surface area contributed by atoms with Gasteiger partial charge in [0.25, 0.3) is 0 Å². The summed E-state index contributed by atoms with van der Waals surface area (Å²) in [5.41, 5.74) is 5.78. The van der Waals surface area contributed by atoms with Crippen molar-refractivity contribution in [1.82, 2.24) is 15.0 Å². The molecule has 0 atom stereocenters. The summed E-state index contributed by atoms with van der Waals surface area (Å²) in [6, 6.07) is 0. The highest BCUT2D eigenvalue weighted by atomic mass is 16.1. The van der Waals surface area contributed by atoms with Gasteiger partial charge in [-0.2, -0.15) is 0 Å². The highest BCUT2D eigenvalue weighted by molar-refractivity contribution is 5.93. The number of hydrogen-bond acceptors (Lipinski definition) is 4. The number of rotatable bonds is 7. The number of allylic oxidation sites excluding steroid dienone is 1. The van der Waals surface area contributed by atoms with Gasteiger partial charge in [-0.25, -0.2) is 0 Å². The molecule has 0 unspecified atom stereocenters. The summed E-state index contributed by atoms with van der Waals surface area (Å²) < 4.78 is 1.58. The Morgan fingerprint density at radius 3 is 3.13 bits per heavy atom. The first-order chi connectivity index (χ1) is 7.27. The maximum Gasteiger partial charge on any atom is 0.184 e. The molecule has 2 N–H and O–H groups in total. The molecule has 0 bridgehead atoms. The molecule has 5 heteroatoms. The predicted octanol–water partition coefficient (Wildman–Crippen LogP) is 0.776. The number of hydrogen-bond donors (Lipinski definition) is 1. The topological polar surface area (TPSA) is 73.8 Å². The molecule has 15 heavy (non-hydrogen) atoms. The second-order valence-corrected chi connectivity index (χ2v) is 3.26. The molecular formula is C10H16N4O. The molecule has 1 rings (SSSR count). The third-order valence-corrected chi connectivity index (χ3v) is 1.99. The molecule has 5 nitrogen and oxygen atoms in total. The lowest BCUT2D eigenvalue weighted by molar-refractivity contribution is 0.0975. The van der Waals surface area contributed by atoms with Crippen molar-refractivity contribution in [2.75, 3.05) is 6.54 Å². The van der Waals surface area contributed by atoms with Crippen LogP contribution in [0.25, 0.3) is 0 Å². The van der Waals surface area contributed by atoms with E-state index in [4.69, 9.17) is 5.73 Å². The fourth-order valence-electron chi connectivity index (χ4n) is 1.20. The van der Waals surface area contributed by atoms with Crippen molar-refractivity contribution < 1.29 is 4.79 Å². The third kappa shape index (κ3) is 3.63. The Hall–Kier alpha value is -1.49. The van der Waals surface area contributed by atoms with Crippen LogP contribution in [0, 0.1) is 0 Å². The van der Waals surface area contributed by atoms with Gasteiger partial charge in [0.1, 0.15) is 5.69 Å². The highest BCUT2D eigenvalue weighted by Crippen LogP contribution is 2.03. The molecule has 0 aromatic carbocycles. The number of Topliss-reactive ketones (excluding diaryl/α,β-unsaturated/α-hetero) is 1. The van der Waals surface area contributed by atoms with E-state index in [1.54, 1.807) is 17.0 Å². The SMILES string of the molecule is C=CCCCC(=O)c1cn(CCN)nn1. The van der Waals surface area contributed by atoms with E-state index < -0.39 is 0 Å². The second kappa shape index (κ2) is 6.08. The number of unbranched alkanes of at least 4 members (excludes halogenated alkanes) is 1. The molecule has 0 fully saturated rings. The quantitative estimate of drug-likeness (QED) is 0.408. The van der Waals surface area contributed by atoms with Gasteiger partial charge in [0.2, 0.25) is 0 Å². The number of ketones is 1. The van der Waals surface area contributed by atoms with Gasteiger partial charge in [0.15, 0.2) is 5.78 Å². The van der Waals surface area contributed by atoms with E-state index in [0.29, 0.717) is 25.2 Å². The summed E-state index contributed by atoms with van der Waals surface area (Å²) >= 11 is 0. The average Bonchev–Trinajstić information content (AvgIpc) is 2.67. The maximum absolute atomic E-state index is 11.6. The number of nitrogens with zero attached hydrogens (tertiary/aromatic N) is 3. The molecule has 1 aromatic heterocycles. The van der Waals surface area contributed by atoms with Gasteiger partial charge in [-0.15, -0.1) is 11.7 Å². The maximum atomic E-state index is 11.6. The van der Waals surface area contributed by atoms with Gasteiger partial charge in [0, 0.05) is 13.0 Å². The summed E-state index contributed by atoms with van der Waals surface area (Å²) in [6.07, 6.45) is 5.60. The van der Waals surface area contributed by atoms with Crippen LogP contribution < -0.4 is 5.73 Å². The molecule has 0 aliphatic heterocycles. The van der Waals surface area contributed by atoms with Crippen LogP contribution >= 0.6 is 0 Å². The van der Waals surface area contributed by atoms with E-state index in [2.05, 4.69) is 16.9 Å². The molecule has 0 radical (unpaired) electrons. The Kier molecular flexibility index (Phi) is 4.70. The van der Waals surface area contributed by atoms with Crippen LogP contribution in [0.15, 0.2) is 18.9 Å². The van der Waals surface area contributed by atoms with Gasteiger partial charge in [-0.1, -0.05) is 11.3 Å². The van der Waals surface area contributed by atoms with E-state index in [-0.39, 0.29) is 5.78 Å². The lowest BCUT2D eigenvalue weighted by atomic mass is 10.1. The summed E-state index contributed by atoms with van der Waals surface area (Å²) in [5, 5.41) is 7.60. The van der Waals surface area contributed by atoms with E-state index in [1.807, 2.05) is 0 Å². The number of aromatic nitrogens is 3. The number of carbonyl (C=O) groups is 1. The predicted molar refractivity (Wildman–Crippen MR) is 57.5 cm³/mol. The van der Waals surface area contributed by atoms with E-state index >= 15 is 0 Å². The molecule has 1 heterocycles. The highest BCUT2D eigenvalue weighted by Gasteiger charge is 2.09. The fraction of sp³-hybridized carbons (Fsp3) is 0.500. The standard InChI is InChI=1S/C10H16N4O/c1-2-3-4-5-10(15)9-8-14(7-6-11)13-12-9/h2,8H,1,3-7,11H2. The first kappa shape index (κ1) is 11.6. The largest absolute Gasteiger partial charge is 0.329 e. The van der Waals surface area contributed by atoms with Crippen molar-refractivity contribution in [2.45, 2.75) is 25.8 Å². The molecule has 1 aromatic rings. The lowest BCUT2D eigenvalue weighted by Gasteiger charge is -1.94. The van der Waals surface area contributed by atoms with Crippen molar-refractivity contribution in [2.24, 2.45) is 5.73 Å². The average molecular weight is 208 g/mol. The Morgan fingerprint density at radius 1 is 1.67 bits per heavy atom. The van der Waals surface area contributed by atoms with Crippen molar-refractivity contribution in [1.29, 1.82) is 0 Å². The third-order valence-electron chi connectivity index (χ3n) is 1.99. The molecular weight excluding hydrogens is 192 g/mol. The van der Waals surface area contributed by atoms with E-state index in [9.17, 15) is 4.79 Å². The van der Waals surface area contributed by atoms with Crippen LogP contribution in [0.5, 0.6) is 0 Å². The molecule has 0 saturated carbocycles. The Morgan fingerprint density at radius 2 is 2.47 bits per heavy atom. The summed E-state index contributed by atoms with van der Waals surface area (Å²) in [5.74, 6) is 0.0279. The second-order valence-electron chi connectivity index (χ2n) is 3.26. The summed E-state index contributed by atoms with van der Waals surface area (Å²) in [6.45, 7) is 4.69. The lowest BCUT2D eigenvalue weighted by Crippen LogP contribution is -2.10. The zero-order chi connectivity index (χ0) is 11.1. The van der Waals surface area contributed by atoms with Crippen molar-refractivity contribution >= 4 is 5.78 Å². The van der Waals surface area contributed by atoms with Gasteiger partial charge in [-0.3, -0.25) is 9.48 Å². The monoisotopic (exact) mass is 208 g/mol. The van der Waals surface area contributed by atoms with Crippen LogP contribution in [0.2, 0.25) is 0 Å². The van der Waals surface area contributed by atoms with Gasteiger partial charge in [0.05, 0.1) is 12.7 Å². The molecule has 0 aliphatic carbocycles. The molecule has 0 spiro atoms. The van der Waals surface area contributed by atoms with Crippen molar-refractivity contribution in [3.8, 4) is 0 Å². The van der Waals surface area contributed by atoms with Gasteiger partial charge >= 0.3 is 0 Å². The molecule has 82 valence electrons. The Balaban J connectivity index is 2.46. The minimum atomic E-state index is 0.0279. The molecule has 0 aliphatic rings. The smallest absolute Gasteiger partial charge is 0.184 e. The number of nitrogens with two attached hydrogens (primary N) is 1. The number of carbonyl (C=O) groups excluding carboxylic acids is 1. The van der Waals surface area contributed by atoms with E-state index in [1.165, 1.54) is 0 Å². The van der Waals surface area contributed by atoms with Crippen LogP contribution in [0.1, 0.15) is 29.8 Å². The first-order valence-corrected chi connectivity index (χ1v) is 5.02. The van der Waals surface area contributed by atoms with Gasteiger partial charge < -0.3 is 5.73 Å². The summed E-state index contributed by atoms with van der Waals surface area (Å²) in [4.78, 5) is 11.6. The Bertz CT molecular complexity index is 332. The zero-order valence-electron chi connectivity index (χ0n) is 8.72. The normalized spacial score (nSPS) is 10.2. The minimum absolute atomic E-state index is 0.0279. The molecule has 0 saturated heterocycles. The fourth-order valence-corrected chi connectivity index (χ4v) is 1.20. The van der Waals surface area contributed by atoms with Crippen molar-refractivity contribution in [3.05, 3.63) is 24.5 Å². The molecule has 0 amide bonds. The van der Waals surface area contributed by atoms with E-state index in [0.717, 1.165) is 12.8 Å². The van der Waals surface area contributed by atoms with Gasteiger partial charge in [-0.05, 0) is 12.8 Å². The van der Waals surface area contributed by atoms with Crippen LogP contribution in [0.4, 0.5) is 0 Å². The van der Waals surface area contributed by atoms with Crippen LogP contribution in [-0.2, 0) is 6.54 Å². The zero-order valence-corrected chi connectivity index (χ0v) is 8.72. The Labute approximate surface area is 89.0 Å². The van der Waals surface area contributed by atoms with Crippen LogP contribution in [-0.4, -0.2) is 27.3 Å².